The summed E-state index contributed by atoms with van der Waals surface area (Å²) in [5.41, 5.74) is 1.33. The summed E-state index contributed by atoms with van der Waals surface area (Å²) in [6.45, 7) is 7.86. The fraction of sp³-hybridized carbons (Fsp3) is 0.385. The Bertz CT molecular complexity index is 291. The van der Waals surface area contributed by atoms with Gasteiger partial charge in [0.1, 0.15) is 11.9 Å². The van der Waals surface area contributed by atoms with Crippen LogP contribution in [-0.4, -0.2) is 6.10 Å². The van der Waals surface area contributed by atoms with E-state index in [2.05, 4.69) is 25.6 Å². The van der Waals surface area contributed by atoms with Crippen molar-refractivity contribution < 1.29 is 4.74 Å². The van der Waals surface area contributed by atoms with Gasteiger partial charge >= 0.3 is 0 Å². The Morgan fingerprint density at radius 1 is 1.50 bits per heavy atom. The molecule has 0 heterocycles. The molecule has 0 aliphatic heterocycles. The average molecular weight is 190 g/mol. The Kier molecular flexibility index (Phi) is 4.24. The molecule has 1 nitrogen and oxygen atoms in total. The number of benzene rings is 1. The van der Waals surface area contributed by atoms with Gasteiger partial charge in [-0.05, 0) is 31.0 Å². The predicted octanol–water partition coefficient (Wildman–Crippen LogP) is 3.59. The Balaban J connectivity index is 2.67. The molecule has 0 bridgehead atoms. The van der Waals surface area contributed by atoms with E-state index in [0.29, 0.717) is 0 Å². The van der Waals surface area contributed by atoms with Gasteiger partial charge in [0.15, 0.2) is 0 Å². The highest BCUT2D eigenvalue weighted by Gasteiger charge is 1.99. The summed E-state index contributed by atoms with van der Waals surface area (Å²) in [6, 6.07) is 8.26. The van der Waals surface area contributed by atoms with Crippen LogP contribution in [-0.2, 0) is 6.42 Å². The summed E-state index contributed by atoms with van der Waals surface area (Å²) in [5, 5.41) is 0. The maximum absolute atomic E-state index is 5.63. The van der Waals surface area contributed by atoms with Crippen LogP contribution >= 0.6 is 0 Å². The van der Waals surface area contributed by atoms with Crippen molar-refractivity contribution in [1.29, 1.82) is 0 Å². The van der Waals surface area contributed by atoms with Gasteiger partial charge in [0.25, 0.3) is 0 Å². The minimum Gasteiger partial charge on any atom is -0.487 e. The number of hydrogen-bond acceptors (Lipinski definition) is 1. The number of aryl methyl sites for hydroxylation is 1. The third-order valence-electron chi connectivity index (χ3n) is 2.09. The summed E-state index contributed by atoms with van der Waals surface area (Å²) in [7, 11) is 0. The standard InChI is InChI=1S/C13H18O/c1-4-7-12-8-6-9-13(10-12)14-11(3)5-2/h5-6,8-11H,2,4,7H2,1,3H3. The maximum Gasteiger partial charge on any atom is 0.120 e. The first kappa shape index (κ1) is 10.8. The molecule has 0 radical (unpaired) electrons. The molecular weight excluding hydrogens is 172 g/mol. The lowest BCUT2D eigenvalue weighted by Crippen LogP contribution is -2.07. The van der Waals surface area contributed by atoms with Gasteiger partial charge in [0.2, 0.25) is 0 Å². The first-order chi connectivity index (χ1) is 6.76. The van der Waals surface area contributed by atoms with Crippen LogP contribution in [0.1, 0.15) is 25.8 Å². The van der Waals surface area contributed by atoms with Crippen molar-refractivity contribution in [1.82, 2.24) is 0 Å². The fourth-order valence-corrected chi connectivity index (χ4v) is 1.33. The van der Waals surface area contributed by atoms with Crippen molar-refractivity contribution in [3.05, 3.63) is 42.5 Å². The van der Waals surface area contributed by atoms with Crippen LogP contribution in [0, 0.1) is 0 Å². The highest BCUT2D eigenvalue weighted by Crippen LogP contribution is 2.16. The van der Waals surface area contributed by atoms with E-state index in [0.717, 1.165) is 12.2 Å². The van der Waals surface area contributed by atoms with Crippen molar-refractivity contribution >= 4 is 0 Å². The van der Waals surface area contributed by atoms with E-state index in [4.69, 9.17) is 4.74 Å². The van der Waals surface area contributed by atoms with Crippen LogP contribution in [0.25, 0.3) is 0 Å². The van der Waals surface area contributed by atoms with Crippen LogP contribution in [0.3, 0.4) is 0 Å². The van der Waals surface area contributed by atoms with Gasteiger partial charge in [0, 0.05) is 0 Å². The van der Waals surface area contributed by atoms with Crippen molar-refractivity contribution in [3.63, 3.8) is 0 Å². The lowest BCUT2D eigenvalue weighted by atomic mass is 10.1. The first-order valence-corrected chi connectivity index (χ1v) is 5.14. The van der Waals surface area contributed by atoms with Gasteiger partial charge in [-0.25, -0.2) is 0 Å². The van der Waals surface area contributed by atoms with Gasteiger partial charge in [-0.2, -0.15) is 0 Å². The quantitative estimate of drug-likeness (QED) is 0.645. The molecular formula is C13H18O. The molecule has 76 valence electrons. The third-order valence-corrected chi connectivity index (χ3v) is 2.09. The van der Waals surface area contributed by atoms with E-state index in [9.17, 15) is 0 Å². The molecule has 0 saturated heterocycles. The smallest absolute Gasteiger partial charge is 0.120 e. The molecule has 0 spiro atoms. The Hall–Kier alpha value is -1.24. The molecule has 0 amide bonds. The molecule has 0 aliphatic rings. The highest BCUT2D eigenvalue weighted by molar-refractivity contribution is 5.28. The summed E-state index contributed by atoms with van der Waals surface area (Å²) in [5.74, 6) is 0.934. The van der Waals surface area contributed by atoms with Crippen molar-refractivity contribution in [3.8, 4) is 5.75 Å². The highest BCUT2D eigenvalue weighted by atomic mass is 16.5. The van der Waals surface area contributed by atoms with E-state index < -0.39 is 0 Å². The van der Waals surface area contributed by atoms with Gasteiger partial charge in [-0.3, -0.25) is 0 Å². The van der Waals surface area contributed by atoms with Crippen LogP contribution in [0.5, 0.6) is 5.75 Å². The molecule has 0 fully saturated rings. The van der Waals surface area contributed by atoms with E-state index in [1.165, 1.54) is 12.0 Å². The molecule has 1 rings (SSSR count). The van der Waals surface area contributed by atoms with E-state index >= 15 is 0 Å². The molecule has 1 atom stereocenters. The Morgan fingerprint density at radius 2 is 2.29 bits per heavy atom. The molecule has 0 aromatic heterocycles. The number of rotatable bonds is 5. The van der Waals surface area contributed by atoms with Crippen LogP contribution < -0.4 is 4.74 Å². The van der Waals surface area contributed by atoms with Gasteiger partial charge in [0.05, 0.1) is 0 Å². The minimum atomic E-state index is 0.0758. The van der Waals surface area contributed by atoms with E-state index in [1.807, 2.05) is 19.1 Å². The summed E-state index contributed by atoms with van der Waals surface area (Å²) in [4.78, 5) is 0. The monoisotopic (exact) mass is 190 g/mol. The summed E-state index contributed by atoms with van der Waals surface area (Å²) >= 11 is 0. The maximum atomic E-state index is 5.63. The molecule has 1 unspecified atom stereocenters. The molecule has 1 aromatic rings. The second kappa shape index (κ2) is 5.48. The third kappa shape index (κ3) is 3.25. The van der Waals surface area contributed by atoms with Gasteiger partial charge < -0.3 is 4.74 Å². The Labute approximate surface area is 86.4 Å². The lowest BCUT2D eigenvalue weighted by molar-refractivity contribution is 0.270. The summed E-state index contributed by atoms with van der Waals surface area (Å²) in [6.07, 6.45) is 4.15. The normalized spacial score (nSPS) is 12.1. The number of hydrogen-bond donors (Lipinski definition) is 0. The van der Waals surface area contributed by atoms with Crippen molar-refractivity contribution in [2.75, 3.05) is 0 Å². The zero-order valence-corrected chi connectivity index (χ0v) is 8.99. The van der Waals surface area contributed by atoms with Gasteiger partial charge in [-0.1, -0.05) is 38.1 Å². The predicted molar refractivity (Wildman–Crippen MR) is 60.7 cm³/mol. The fourth-order valence-electron chi connectivity index (χ4n) is 1.33. The largest absolute Gasteiger partial charge is 0.487 e. The van der Waals surface area contributed by atoms with E-state index in [-0.39, 0.29) is 6.10 Å². The molecule has 0 N–H and O–H groups in total. The van der Waals surface area contributed by atoms with Crippen LogP contribution in [0.4, 0.5) is 0 Å². The molecule has 14 heavy (non-hydrogen) atoms. The molecule has 1 aromatic carbocycles. The summed E-state index contributed by atoms with van der Waals surface area (Å²) < 4.78 is 5.63. The minimum absolute atomic E-state index is 0.0758. The second-order valence-corrected chi connectivity index (χ2v) is 3.46. The number of ether oxygens (including phenoxy) is 1. The average Bonchev–Trinajstić information content (AvgIpc) is 2.19. The van der Waals surface area contributed by atoms with Crippen molar-refractivity contribution in [2.45, 2.75) is 32.8 Å². The zero-order chi connectivity index (χ0) is 10.4. The van der Waals surface area contributed by atoms with Crippen LogP contribution in [0.15, 0.2) is 36.9 Å². The van der Waals surface area contributed by atoms with E-state index in [1.54, 1.807) is 6.08 Å². The Morgan fingerprint density at radius 3 is 2.93 bits per heavy atom. The first-order valence-electron chi connectivity index (χ1n) is 5.14. The zero-order valence-electron chi connectivity index (χ0n) is 8.99. The lowest BCUT2D eigenvalue weighted by Gasteiger charge is -2.11. The van der Waals surface area contributed by atoms with Gasteiger partial charge in [-0.15, -0.1) is 0 Å². The molecule has 1 heteroatoms. The second-order valence-electron chi connectivity index (χ2n) is 3.46. The topological polar surface area (TPSA) is 9.23 Å². The van der Waals surface area contributed by atoms with Crippen molar-refractivity contribution in [2.24, 2.45) is 0 Å². The molecule has 0 saturated carbocycles. The SMILES string of the molecule is C=CC(C)Oc1cccc(CCC)c1. The molecule has 0 aliphatic carbocycles. The van der Waals surface area contributed by atoms with Crippen LogP contribution in [0.2, 0.25) is 0 Å².